The van der Waals surface area contributed by atoms with Gasteiger partial charge in [0.05, 0.1) is 23.9 Å². The molecule has 0 aromatic carbocycles. The SMILES string of the molecule is Cn1cc([C@@H](NC(=O)c2csc3c2CCCC3)C2CC(O)C2)cn1. The number of hydrogen-bond acceptors (Lipinski definition) is 4. The number of rotatable bonds is 4. The first-order valence-corrected chi connectivity index (χ1v) is 9.56. The van der Waals surface area contributed by atoms with E-state index in [1.54, 1.807) is 16.0 Å². The third-order valence-corrected chi connectivity index (χ3v) is 6.39. The molecule has 0 saturated heterocycles. The molecule has 0 aliphatic heterocycles. The molecule has 4 rings (SSSR count). The molecule has 2 aliphatic rings. The Hall–Kier alpha value is -1.66. The second kappa shape index (κ2) is 6.33. The van der Waals surface area contributed by atoms with E-state index < -0.39 is 0 Å². The lowest BCUT2D eigenvalue weighted by Gasteiger charge is -2.37. The number of aromatic nitrogens is 2. The second-order valence-corrected chi connectivity index (χ2v) is 8.01. The molecule has 1 fully saturated rings. The van der Waals surface area contributed by atoms with Crippen LogP contribution in [0.1, 0.15) is 58.1 Å². The molecular weight excluding hydrogens is 322 g/mol. The molecular formula is C18H23N3O2S. The van der Waals surface area contributed by atoms with Gasteiger partial charge >= 0.3 is 0 Å². The van der Waals surface area contributed by atoms with Gasteiger partial charge < -0.3 is 10.4 Å². The van der Waals surface area contributed by atoms with Gasteiger partial charge in [-0.2, -0.15) is 5.10 Å². The van der Waals surface area contributed by atoms with Crippen LogP contribution in [0.25, 0.3) is 0 Å². The van der Waals surface area contributed by atoms with Crippen LogP contribution in [0, 0.1) is 5.92 Å². The normalized spacial score (nSPS) is 24.1. The van der Waals surface area contributed by atoms with E-state index in [0.717, 1.165) is 36.8 Å². The summed E-state index contributed by atoms with van der Waals surface area (Å²) in [5, 5.41) is 19.1. The summed E-state index contributed by atoms with van der Waals surface area (Å²) in [6.45, 7) is 0. The highest BCUT2D eigenvalue weighted by atomic mass is 32.1. The van der Waals surface area contributed by atoms with Crippen LogP contribution in [0.15, 0.2) is 17.8 Å². The third kappa shape index (κ3) is 2.89. The van der Waals surface area contributed by atoms with Crippen molar-refractivity contribution >= 4 is 17.2 Å². The summed E-state index contributed by atoms with van der Waals surface area (Å²) in [6, 6.07) is -0.0752. The standard InChI is InChI=1S/C18H23N3O2S/c1-21-9-12(8-19-21)17(11-6-13(22)7-11)20-18(23)15-10-24-16-5-3-2-4-14(15)16/h8-11,13,17,22H,2-7H2,1H3,(H,20,23)/t11?,13?,17-/m0/s1. The molecule has 5 nitrogen and oxygen atoms in total. The van der Waals surface area contributed by atoms with Crippen molar-refractivity contribution in [3.8, 4) is 0 Å². The Morgan fingerprint density at radius 1 is 1.42 bits per heavy atom. The number of aryl methyl sites for hydroxylation is 2. The van der Waals surface area contributed by atoms with Gasteiger partial charge in [0.2, 0.25) is 0 Å². The molecule has 1 atom stereocenters. The first-order chi connectivity index (χ1) is 11.6. The van der Waals surface area contributed by atoms with Crippen LogP contribution in [-0.4, -0.2) is 26.9 Å². The van der Waals surface area contributed by atoms with Crippen molar-refractivity contribution in [2.24, 2.45) is 13.0 Å². The van der Waals surface area contributed by atoms with E-state index in [9.17, 15) is 9.90 Å². The minimum atomic E-state index is -0.236. The Morgan fingerprint density at radius 2 is 2.21 bits per heavy atom. The summed E-state index contributed by atoms with van der Waals surface area (Å²) in [5.41, 5.74) is 3.12. The second-order valence-electron chi connectivity index (χ2n) is 7.04. The number of nitrogens with one attached hydrogen (secondary N) is 1. The first-order valence-electron chi connectivity index (χ1n) is 8.68. The van der Waals surface area contributed by atoms with Gasteiger partial charge in [-0.05, 0) is 50.0 Å². The number of aliphatic hydroxyl groups excluding tert-OH is 1. The van der Waals surface area contributed by atoms with Crippen molar-refractivity contribution in [3.63, 3.8) is 0 Å². The minimum absolute atomic E-state index is 0.0182. The molecule has 2 aliphatic carbocycles. The van der Waals surface area contributed by atoms with Crippen LogP contribution >= 0.6 is 11.3 Å². The van der Waals surface area contributed by atoms with Gasteiger partial charge in [-0.25, -0.2) is 0 Å². The quantitative estimate of drug-likeness (QED) is 0.895. The predicted molar refractivity (Wildman–Crippen MR) is 93.1 cm³/mol. The van der Waals surface area contributed by atoms with Crippen LogP contribution < -0.4 is 5.32 Å². The summed E-state index contributed by atoms with van der Waals surface area (Å²) in [5.74, 6) is 0.298. The Morgan fingerprint density at radius 3 is 2.92 bits per heavy atom. The Balaban J connectivity index is 1.56. The fourth-order valence-corrected chi connectivity index (χ4v) is 5.01. The van der Waals surface area contributed by atoms with Gasteiger partial charge in [0.1, 0.15) is 0 Å². The number of nitrogens with zero attached hydrogens (tertiary/aromatic N) is 2. The lowest BCUT2D eigenvalue weighted by atomic mass is 9.75. The number of amides is 1. The van der Waals surface area contributed by atoms with Crippen LogP contribution in [0.3, 0.4) is 0 Å². The number of hydrogen-bond donors (Lipinski definition) is 2. The van der Waals surface area contributed by atoms with E-state index in [4.69, 9.17) is 0 Å². The van der Waals surface area contributed by atoms with Crippen LogP contribution in [-0.2, 0) is 19.9 Å². The highest BCUT2D eigenvalue weighted by molar-refractivity contribution is 7.10. The largest absolute Gasteiger partial charge is 0.393 e. The van der Waals surface area contributed by atoms with E-state index in [0.29, 0.717) is 0 Å². The molecule has 24 heavy (non-hydrogen) atoms. The maximum Gasteiger partial charge on any atom is 0.252 e. The van der Waals surface area contributed by atoms with E-state index >= 15 is 0 Å². The maximum atomic E-state index is 12.9. The molecule has 2 aromatic heterocycles. The van der Waals surface area contributed by atoms with Crippen molar-refractivity contribution in [1.29, 1.82) is 0 Å². The van der Waals surface area contributed by atoms with E-state index in [1.807, 2.05) is 24.8 Å². The molecule has 6 heteroatoms. The van der Waals surface area contributed by atoms with Crippen molar-refractivity contribution in [3.05, 3.63) is 39.3 Å². The van der Waals surface area contributed by atoms with Gasteiger partial charge in [-0.15, -0.1) is 11.3 Å². The summed E-state index contributed by atoms with van der Waals surface area (Å²) < 4.78 is 1.76. The van der Waals surface area contributed by atoms with Gasteiger partial charge in [0.15, 0.2) is 0 Å². The number of aliphatic hydroxyl groups is 1. The van der Waals surface area contributed by atoms with Gasteiger partial charge in [-0.3, -0.25) is 9.48 Å². The highest BCUT2D eigenvalue weighted by Gasteiger charge is 2.36. The van der Waals surface area contributed by atoms with E-state index in [1.165, 1.54) is 23.3 Å². The van der Waals surface area contributed by atoms with Gasteiger partial charge in [0.25, 0.3) is 5.91 Å². The number of carbonyl (C=O) groups is 1. The molecule has 0 bridgehead atoms. The highest BCUT2D eigenvalue weighted by Crippen LogP contribution is 2.38. The van der Waals surface area contributed by atoms with Crippen LogP contribution in [0.5, 0.6) is 0 Å². The lowest BCUT2D eigenvalue weighted by Crippen LogP contribution is -2.41. The number of thiophene rings is 1. The summed E-state index contributed by atoms with van der Waals surface area (Å²) >= 11 is 1.72. The zero-order valence-corrected chi connectivity index (χ0v) is 14.7. The van der Waals surface area contributed by atoms with Gasteiger partial charge in [0, 0.05) is 29.1 Å². The van der Waals surface area contributed by atoms with E-state index in [2.05, 4.69) is 10.4 Å². The average molecular weight is 345 g/mol. The first kappa shape index (κ1) is 15.8. The molecule has 1 amide bonds. The molecule has 0 radical (unpaired) electrons. The average Bonchev–Trinajstić information content (AvgIpc) is 3.16. The molecule has 0 unspecified atom stereocenters. The smallest absolute Gasteiger partial charge is 0.252 e. The molecule has 2 N–H and O–H groups in total. The van der Waals surface area contributed by atoms with Crippen LogP contribution in [0.2, 0.25) is 0 Å². The van der Waals surface area contributed by atoms with Gasteiger partial charge in [-0.1, -0.05) is 0 Å². The zero-order valence-electron chi connectivity index (χ0n) is 13.9. The monoisotopic (exact) mass is 345 g/mol. The maximum absolute atomic E-state index is 12.9. The summed E-state index contributed by atoms with van der Waals surface area (Å²) in [6.07, 6.45) is 9.54. The van der Waals surface area contributed by atoms with Crippen molar-refractivity contribution in [2.45, 2.75) is 50.7 Å². The Kier molecular flexibility index (Phi) is 4.18. The van der Waals surface area contributed by atoms with Crippen molar-refractivity contribution in [2.75, 3.05) is 0 Å². The predicted octanol–water partition coefficient (Wildman–Crippen LogP) is 2.60. The van der Waals surface area contributed by atoms with E-state index in [-0.39, 0.29) is 24.0 Å². The molecule has 0 spiro atoms. The lowest BCUT2D eigenvalue weighted by molar-refractivity contribution is 0.0235. The number of fused-ring (bicyclic) bond motifs is 1. The van der Waals surface area contributed by atoms with Crippen molar-refractivity contribution < 1.29 is 9.90 Å². The molecule has 128 valence electrons. The minimum Gasteiger partial charge on any atom is -0.393 e. The third-order valence-electron chi connectivity index (χ3n) is 5.30. The zero-order chi connectivity index (χ0) is 16.7. The topological polar surface area (TPSA) is 67.2 Å². The fourth-order valence-electron chi connectivity index (χ4n) is 3.88. The summed E-state index contributed by atoms with van der Waals surface area (Å²) in [7, 11) is 1.88. The molecule has 2 heterocycles. The number of carbonyl (C=O) groups excluding carboxylic acids is 1. The Labute approximate surface area is 145 Å². The van der Waals surface area contributed by atoms with Crippen LogP contribution in [0.4, 0.5) is 0 Å². The Bertz CT molecular complexity index is 745. The fraction of sp³-hybridized carbons (Fsp3) is 0.556. The summed E-state index contributed by atoms with van der Waals surface area (Å²) in [4.78, 5) is 14.3. The molecule has 2 aromatic rings. The molecule has 1 saturated carbocycles. The van der Waals surface area contributed by atoms with Crippen molar-refractivity contribution in [1.82, 2.24) is 15.1 Å².